The number of hydrogen-bond acceptors (Lipinski definition) is 4. The van der Waals surface area contributed by atoms with Crippen LogP contribution in [0.1, 0.15) is 32.0 Å². The number of amides is 2. The lowest BCUT2D eigenvalue weighted by Crippen LogP contribution is -2.15. The van der Waals surface area contributed by atoms with Gasteiger partial charge in [-0.3, -0.25) is 9.59 Å². The summed E-state index contributed by atoms with van der Waals surface area (Å²) in [4.78, 5) is 28.4. The van der Waals surface area contributed by atoms with Crippen molar-refractivity contribution in [3.05, 3.63) is 82.8 Å². The molecule has 0 unspecified atom stereocenters. The van der Waals surface area contributed by atoms with E-state index in [1.807, 2.05) is 0 Å². The maximum atomic E-state index is 13.3. The van der Waals surface area contributed by atoms with Crippen LogP contribution in [0.2, 0.25) is 0 Å². The first-order chi connectivity index (χ1) is 13.3. The summed E-state index contributed by atoms with van der Waals surface area (Å²) < 4.78 is 19.1. The minimum absolute atomic E-state index is 0.0956. The third kappa shape index (κ3) is 4.32. The van der Waals surface area contributed by atoms with E-state index < -0.39 is 11.8 Å². The predicted octanol–water partition coefficient (Wildman–Crippen LogP) is 3.98. The highest BCUT2D eigenvalue weighted by Gasteiger charge is 2.17. The van der Waals surface area contributed by atoms with Crippen molar-refractivity contribution in [3.63, 3.8) is 0 Å². The van der Waals surface area contributed by atoms with Gasteiger partial charge in [0.05, 0.1) is 0 Å². The maximum Gasteiger partial charge on any atom is 0.261 e. The van der Waals surface area contributed by atoms with E-state index >= 15 is 0 Å². The minimum Gasteiger partial charge on any atom is -0.438 e. The van der Waals surface area contributed by atoms with Crippen LogP contribution in [-0.4, -0.2) is 16.8 Å². The molecule has 0 saturated heterocycles. The zero-order valence-corrected chi connectivity index (χ0v) is 15.3. The highest BCUT2D eigenvalue weighted by molar-refractivity contribution is 6.06. The van der Waals surface area contributed by atoms with E-state index in [-0.39, 0.29) is 22.8 Å². The largest absolute Gasteiger partial charge is 0.438 e. The molecule has 3 aromatic rings. The maximum absolute atomic E-state index is 13.3. The lowest BCUT2D eigenvalue weighted by Gasteiger charge is -2.13. The van der Waals surface area contributed by atoms with Crippen LogP contribution in [-0.2, 0) is 0 Å². The lowest BCUT2D eigenvalue weighted by molar-refractivity contribution is 0.0995. The standard InChI is InChI=1S/C21H18FN3O3/c1-12-10-15(22)7-9-18(12)28-21-17(8-6-13(2)24-21)20(27)25-16-5-3-4-14(11-16)19(23)26/h3-11H,1-2H3,(H2,23,26)(H,25,27). The molecule has 0 saturated carbocycles. The van der Waals surface area contributed by atoms with Gasteiger partial charge in [-0.2, -0.15) is 0 Å². The van der Waals surface area contributed by atoms with Crippen molar-refractivity contribution in [2.75, 3.05) is 5.32 Å². The number of hydrogen-bond donors (Lipinski definition) is 2. The Bertz CT molecular complexity index is 1070. The molecular weight excluding hydrogens is 361 g/mol. The number of nitrogens with two attached hydrogens (primary N) is 1. The monoisotopic (exact) mass is 379 g/mol. The van der Waals surface area contributed by atoms with Crippen LogP contribution in [0.25, 0.3) is 0 Å². The topological polar surface area (TPSA) is 94.3 Å². The number of anilines is 1. The molecule has 7 heteroatoms. The van der Waals surface area contributed by atoms with Gasteiger partial charge in [0.15, 0.2) is 0 Å². The van der Waals surface area contributed by atoms with Gasteiger partial charge in [-0.05, 0) is 67.9 Å². The molecular formula is C21H18FN3O3. The normalized spacial score (nSPS) is 10.4. The third-order valence-corrected chi connectivity index (χ3v) is 3.99. The second kappa shape index (κ2) is 7.87. The molecule has 2 aromatic carbocycles. The molecule has 0 aliphatic carbocycles. The number of halogens is 1. The number of ether oxygens (including phenoxy) is 1. The van der Waals surface area contributed by atoms with Gasteiger partial charge in [-0.25, -0.2) is 9.37 Å². The van der Waals surface area contributed by atoms with Gasteiger partial charge >= 0.3 is 0 Å². The van der Waals surface area contributed by atoms with Crippen molar-refractivity contribution in [2.24, 2.45) is 5.73 Å². The average molecular weight is 379 g/mol. The van der Waals surface area contributed by atoms with Crippen LogP contribution in [0.5, 0.6) is 11.6 Å². The van der Waals surface area contributed by atoms with Gasteiger partial charge < -0.3 is 15.8 Å². The molecule has 28 heavy (non-hydrogen) atoms. The van der Waals surface area contributed by atoms with E-state index in [0.717, 1.165) is 0 Å². The molecule has 6 nitrogen and oxygen atoms in total. The number of nitrogens with zero attached hydrogens (tertiary/aromatic N) is 1. The molecule has 0 aliphatic rings. The van der Waals surface area contributed by atoms with E-state index in [0.29, 0.717) is 22.7 Å². The molecule has 0 radical (unpaired) electrons. The number of aromatic nitrogens is 1. The first-order valence-corrected chi connectivity index (χ1v) is 8.46. The zero-order chi connectivity index (χ0) is 20.3. The summed E-state index contributed by atoms with van der Waals surface area (Å²) >= 11 is 0. The van der Waals surface area contributed by atoms with Crippen molar-refractivity contribution < 1.29 is 18.7 Å². The summed E-state index contributed by atoms with van der Waals surface area (Å²) in [5, 5.41) is 2.70. The number of nitrogens with one attached hydrogen (secondary N) is 1. The van der Waals surface area contributed by atoms with E-state index in [1.54, 1.807) is 44.2 Å². The number of primary amides is 1. The van der Waals surface area contributed by atoms with Gasteiger partial charge in [0.25, 0.3) is 5.91 Å². The Morgan fingerprint density at radius 3 is 2.57 bits per heavy atom. The van der Waals surface area contributed by atoms with Gasteiger partial charge in [-0.15, -0.1) is 0 Å². The van der Waals surface area contributed by atoms with Crippen LogP contribution in [0.3, 0.4) is 0 Å². The molecule has 1 heterocycles. The average Bonchev–Trinajstić information content (AvgIpc) is 2.64. The molecule has 0 atom stereocenters. The Labute approximate surface area is 161 Å². The van der Waals surface area contributed by atoms with Crippen LogP contribution in [0, 0.1) is 19.7 Å². The molecule has 0 spiro atoms. The van der Waals surface area contributed by atoms with Gasteiger partial charge in [0.2, 0.25) is 11.8 Å². The number of aryl methyl sites for hydroxylation is 2. The highest BCUT2D eigenvalue weighted by atomic mass is 19.1. The second-order valence-corrected chi connectivity index (χ2v) is 6.22. The van der Waals surface area contributed by atoms with Crippen LogP contribution in [0.15, 0.2) is 54.6 Å². The summed E-state index contributed by atoms with van der Waals surface area (Å²) in [6.07, 6.45) is 0. The molecule has 0 aliphatic heterocycles. The van der Waals surface area contributed by atoms with Crippen LogP contribution < -0.4 is 15.8 Å². The van der Waals surface area contributed by atoms with E-state index in [2.05, 4.69) is 10.3 Å². The molecule has 3 N–H and O–H groups in total. The van der Waals surface area contributed by atoms with Crippen LogP contribution in [0.4, 0.5) is 10.1 Å². The molecule has 1 aromatic heterocycles. The minimum atomic E-state index is -0.594. The van der Waals surface area contributed by atoms with Crippen molar-refractivity contribution >= 4 is 17.5 Å². The first-order valence-electron chi connectivity index (χ1n) is 8.46. The Kier molecular flexibility index (Phi) is 5.35. The SMILES string of the molecule is Cc1ccc(C(=O)Nc2cccc(C(N)=O)c2)c(Oc2ccc(F)cc2C)n1. The number of pyridine rings is 1. The van der Waals surface area contributed by atoms with E-state index in [1.165, 1.54) is 24.3 Å². The molecule has 142 valence electrons. The summed E-state index contributed by atoms with van der Waals surface area (Å²) in [5.74, 6) is -0.954. The fraction of sp³-hybridized carbons (Fsp3) is 0.0952. The quantitative estimate of drug-likeness (QED) is 0.701. The van der Waals surface area contributed by atoms with Crippen molar-refractivity contribution in [1.29, 1.82) is 0 Å². The second-order valence-electron chi connectivity index (χ2n) is 6.22. The van der Waals surface area contributed by atoms with E-state index in [9.17, 15) is 14.0 Å². The fourth-order valence-corrected chi connectivity index (χ4v) is 2.56. The Balaban J connectivity index is 1.90. The molecule has 3 rings (SSSR count). The third-order valence-electron chi connectivity index (χ3n) is 3.99. The summed E-state index contributed by atoms with van der Waals surface area (Å²) in [6.45, 7) is 3.46. The summed E-state index contributed by atoms with van der Waals surface area (Å²) in [5.41, 5.74) is 7.37. The van der Waals surface area contributed by atoms with Crippen molar-refractivity contribution in [1.82, 2.24) is 4.98 Å². The predicted molar refractivity (Wildman–Crippen MR) is 103 cm³/mol. The van der Waals surface area contributed by atoms with Crippen LogP contribution >= 0.6 is 0 Å². The number of carbonyl (C=O) groups is 2. The summed E-state index contributed by atoms with van der Waals surface area (Å²) in [6, 6.07) is 13.6. The highest BCUT2D eigenvalue weighted by Crippen LogP contribution is 2.28. The van der Waals surface area contributed by atoms with Gasteiger partial charge in [0, 0.05) is 16.9 Å². The Morgan fingerprint density at radius 1 is 1.07 bits per heavy atom. The molecule has 0 fully saturated rings. The van der Waals surface area contributed by atoms with Gasteiger partial charge in [-0.1, -0.05) is 6.07 Å². The van der Waals surface area contributed by atoms with Gasteiger partial charge in [0.1, 0.15) is 17.1 Å². The number of carbonyl (C=O) groups excluding carboxylic acids is 2. The smallest absolute Gasteiger partial charge is 0.261 e. The number of rotatable bonds is 5. The summed E-state index contributed by atoms with van der Waals surface area (Å²) in [7, 11) is 0. The lowest BCUT2D eigenvalue weighted by atomic mass is 10.1. The Morgan fingerprint density at radius 2 is 1.86 bits per heavy atom. The zero-order valence-electron chi connectivity index (χ0n) is 15.3. The first kappa shape index (κ1) is 19.0. The van der Waals surface area contributed by atoms with Crippen molar-refractivity contribution in [3.8, 4) is 11.6 Å². The van der Waals surface area contributed by atoms with E-state index in [4.69, 9.17) is 10.5 Å². The van der Waals surface area contributed by atoms with Crippen molar-refractivity contribution in [2.45, 2.75) is 13.8 Å². The molecule has 2 amide bonds. The number of benzene rings is 2. The fourth-order valence-electron chi connectivity index (χ4n) is 2.56. The molecule has 0 bridgehead atoms. The Hall–Kier alpha value is -3.74.